The van der Waals surface area contributed by atoms with Crippen LogP contribution in [0, 0.1) is 11.8 Å². The Morgan fingerprint density at radius 1 is 1.27 bits per heavy atom. The molecule has 0 amide bonds. The van der Waals surface area contributed by atoms with E-state index in [2.05, 4.69) is 46.3 Å². The predicted molar refractivity (Wildman–Crippen MR) is 90.7 cm³/mol. The normalized spacial score (nSPS) is 24.8. The van der Waals surface area contributed by atoms with Crippen LogP contribution in [0.5, 0.6) is 0 Å². The van der Waals surface area contributed by atoms with Crippen molar-refractivity contribution in [1.82, 2.24) is 19.4 Å². The Hall–Kier alpha value is -0.870. The third kappa shape index (κ3) is 3.90. The molecule has 4 nitrogen and oxygen atoms in total. The van der Waals surface area contributed by atoms with Crippen molar-refractivity contribution in [2.45, 2.75) is 59.2 Å². The van der Waals surface area contributed by atoms with Crippen LogP contribution in [0.4, 0.5) is 0 Å². The van der Waals surface area contributed by atoms with E-state index in [1.54, 1.807) is 0 Å². The molecule has 1 aromatic rings. The maximum atomic E-state index is 4.57. The Balaban J connectivity index is 1.65. The van der Waals surface area contributed by atoms with E-state index in [-0.39, 0.29) is 0 Å². The number of hydrogen-bond donors (Lipinski definition) is 0. The minimum absolute atomic E-state index is 0.702. The Morgan fingerprint density at radius 3 is 2.77 bits per heavy atom. The summed E-state index contributed by atoms with van der Waals surface area (Å²) in [5.41, 5.74) is 0. The lowest BCUT2D eigenvalue weighted by Crippen LogP contribution is -2.45. The molecule has 0 aromatic carbocycles. The second kappa shape index (κ2) is 7.14. The van der Waals surface area contributed by atoms with E-state index < -0.39 is 0 Å². The molecule has 1 aliphatic heterocycles. The minimum atomic E-state index is 0.702. The molecule has 22 heavy (non-hydrogen) atoms. The molecule has 4 heteroatoms. The molecule has 1 aliphatic carbocycles. The second-order valence-corrected chi connectivity index (χ2v) is 7.47. The van der Waals surface area contributed by atoms with Gasteiger partial charge >= 0.3 is 0 Å². The van der Waals surface area contributed by atoms with Gasteiger partial charge < -0.3 is 4.57 Å². The molecule has 3 rings (SSSR count). The largest absolute Gasteiger partial charge is 0.334 e. The van der Waals surface area contributed by atoms with Crippen molar-refractivity contribution in [3.05, 3.63) is 18.2 Å². The van der Waals surface area contributed by atoms with E-state index in [4.69, 9.17) is 0 Å². The molecule has 2 heterocycles. The lowest BCUT2D eigenvalue weighted by Gasteiger charge is -2.34. The van der Waals surface area contributed by atoms with Gasteiger partial charge in [0.05, 0.1) is 6.54 Å². The highest BCUT2D eigenvalue weighted by Crippen LogP contribution is 2.32. The number of aromatic nitrogens is 2. The van der Waals surface area contributed by atoms with Crippen molar-refractivity contribution >= 4 is 0 Å². The molecular formula is C18H32N4. The zero-order valence-corrected chi connectivity index (χ0v) is 14.5. The average molecular weight is 304 g/mol. The fraction of sp³-hybridized carbons (Fsp3) is 0.833. The zero-order valence-electron chi connectivity index (χ0n) is 14.5. The molecule has 0 unspecified atom stereocenters. The molecule has 1 saturated carbocycles. The molecule has 0 N–H and O–H groups in total. The maximum Gasteiger partial charge on any atom is 0.122 e. The third-order valence-corrected chi connectivity index (χ3v) is 5.30. The van der Waals surface area contributed by atoms with Gasteiger partial charge in [0.15, 0.2) is 0 Å². The zero-order chi connectivity index (χ0) is 15.5. The summed E-state index contributed by atoms with van der Waals surface area (Å²) < 4.78 is 2.28. The first-order valence-corrected chi connectivity index (χ1v) is 9.13. The SMILES string of the molecule is CCn1ccnc1CN1CCCN(CC2CC2)[C@H](C(C)C)C1. The molecule has 1 saturated heterocycles. The average Bonchev–Trinajstić information content (AvgIpc) is 3.23. The van der Waals surface area contributed by atoms with Gasteiger partial charge in [-0.25, -0.2) is 4.98 Å². The van der Waals surface area contributed by atoms with E-state index in [1.807, 2.05) is 6.20 Å². The van der Waals surface area contributed by atoms with Gasteiger partial charge in [-0.1, -0.05) is 13.8 Å². The Morgan fingerprint density at radius 2 is 2.09 bits per heavy atom. The molecule has 0 radical (unpaired) electrons. The summed E-state index contributed by atoms with van der Waals surface area (Å²) in [6.07, 6.45) is 8.25. The van der Waals surface area contributed by atoms with E-state index in [0.717, 1.165) is 24.9 Å². The fourth-order valence-corrected chi connectivity index (χ4v) is 3.75. The number of imidazole rings is 1. The Kier molecular flexibility index (Phi) is 5.19. The maximum absolute atomic E-state index is 4.57. The second-order valence-electron chi connectivity index (χ2n) is 7.47. The predicted octanol–water partition coefficient (Wildman–Crippen LogP) is 2.85. The number of aryl methyl sites for hydroxylation is 1. The van der Waals surface area contributed by atoms with Crippen molar-refractivity contribution in [1.29, 1.82) is 0 Å². The van der Waals surface area contributed by atoms with Gasteiger partial charge in [-0.2, -0.15) is 0 Å². The smallest absolute Gasteiger partial charge is 0.122 e. The summed E-state index contributed by atoms with van der Waals surface area (Å²) in [7, 11) is 0. The van der Waals surface area contributed by atoms with E-state index in [1.165, 1.54) is 51.3 Å². The summed E-state index contributed by atoms with van der Waals surface area (Å²) in [6, 6.07) is 0.702. The molecule has 0 bridgehead atoms. The van der Waals surface area contributed by atoms with Gasteiger partial charge in [0, 0.05) is 38.1 Å². The summed E-state index contributed by atoms with van der Waals surface area (Å²) >= 11 is 0. The summed E-state index contributed by atoms with van der Waals surface area (Å²) in [6.45, 7) is 14.0. The molecule has 2 fully saturated rings. The van der Waals surface area contributed by atoms with Gasteiger partial charge in [-0.15, -0.1) is 0 Å². The minimum Gasteiger partial charge on any atom is -0.334 e. The lowest BCUT2D eigenvalue weighted by atomic mass is 10.0. The molecule has 124 valence electrons. The molecule has 0 spiro atoms. The van der Waals surface area contributed by atoms with Crippen LogP contribution in [0.15, 0.2) is 12.4 Å². The van der Waals surface area contributed by atoms with Crippen LogP contribution in [0.2, 0.25) is 0 Å². The van der Waals surface area contributed by atoms with Crippen LogP contribution in [0.25, 0.3) is 0 Å². The number of nitrogens with zero attached hydrogens (tertiary/aromatic N) is 4. The standard InChI is InChI=1S/C18H32N4/c1-4-21-11-8-19-18(21)14-20-9-5-10-22(12-16-6-7-16)17(13-20)15(2)3/h8,11,15-17H,4-7,9-10,12-14H2,1-3H3/t17-/m0/s1. The number of rotatable bonds is 6. The highest BCUT2D eigenvalue weighted by atomic mass is 15.3. The first kappa shape index (κ1) is 16.0. The van der Waals surface area contributed by atoms with Crippen LogP contribution in [-0.2, 0) is 13.1 Å². The van der Waals surface area contributed by atoms with Crippen LogP contribution in [-0.4, -0.2) is 51.6 Å². The highest BCUT2D eigenvalue weighted by molar-refractivity contribution is 4.94. The van der Waals surface area contributed by atoms with E-state index >= 15 is 0 Å². The lowest BCUT2D eigenvalue weighted by molar-refractivity contribution is 0.130. The third-order valence-electron chi connectivity index (χ3n) is 5.30. The van der Waals surface area contributed by atoms with Crippen molar-refractivity contribution in [2.75, 3.05) is 26.2 Å². The number of hydrogen-bond acceptors (Lipinski definition) is 3. The van der Waals surface area contributed by atoms with Gasteiger partial charge in [0.25, 0.3) is 0 Å². The van der Waals surface area contributed by atoms with Gasteiger partial charge in [0.2, 0.25) is 0 Å². The van der Waals surface area contributed by atoms with Crippen molar-refractivity contribution in [2.24, 2.45) is 11.8 Å². The van der Waals surface area contributed by atoms with Crippen LogP contribution < -0.4 is 0 Å². The van der Waals surface area contributed by atoms with E-state index in [9.17, 15) is 0 Å². The molecule has 1 atom stereocenters. The first-order valence-electron chi connectivity index (χ1n) is 9.13. The van der Waals surface area contributed by atoms with Crippen molar-refractivity contribution < 1.29 is 0 Å². The molecular weight excluding hydrogens is 272 g/mol. The van der Waals surface area contributed by atoms with Crippen LogP contribution in [0.1, 0.15) is 45.9 Å². The van der Waals surface area contributed by atoms with Gasteiger partial charge in [-0.05, 0) is 51.1 Å². The Bertz CT molecular complexity index is 463. The Labute approximate surface area is 135 Å². The van der Waals surface area contributed by atoms with Crippen molar-refractivity contribution in [3.63, 3.8) is 0 Å². The van der Waals surface area contributed by atoms with E-state index in [0.29, 0.717) is 6.04 Å². The van der Waals surface area contributed by atoms with Gasteiger partial charge in [0.1, 0.15) is 5.82 Å². The fourth-order valence-electron chi connectivity index (χ4n) is 3.75. The van der Waals surface area contributed by atoms with Crippen molar-refractivity contribution in [3.8, 4) is 0 Å². The first-order chi connectivity index (χ1) is 10.7. The van der Waals surface area contributed by atoms with Crippen LogP contribution in [0.3, 0.4) is 0 Å². The monoisotopic (exact) mass is 304 g/mol. The topological polar surface area (TPSA) is 24.3 Å². The highest BCUT2D eigenvalue weighted by Gasteiger charge is 2.32. The molecule has 1 aromatic heterocycles. The summed E-state index contributed by atoms with van der Waals surface area (Å²) in [5.74, 6) is 2.94. The van der Waals surface area contributed by atoms with Gasteiger partial charge in [-0.3, -0.25) is 9.80 Å². The summed E-state index contributed by atoms with van der Waals surface area (Å²) in [4.78, 5) is 9.98. The van der Waals surface area contributed by atoms with Crippen LogP contribution >= 0.6 is 0 Å². The quantitative estimate of drug-likeness (QED) is 0.808. The summed E-state index contributed by atoms with van der Waals surface area (Å²) in [5, 5.41) is 0. The molecule has 2 aliphatic rings.